The van der Waals surface area contributed by atoms with E-state index in [9.17, 15) is 0 Å². The molecule has 0 radical (unpaired) electrons. The molecule has 0 amide bonds. The minimum absolute atomic E-state index is 0.780. The zero-order chi connectivity index (χ0) is 26.3. The maximum atomic E-state index is 5.68. The summed E-state index contributed by atoms with van der Waals surface area (Å²) in [6, 6.07) is 41.7. The summed E-state index contributed by atoms with van der Waals surface area (Å²) in [6.45, 7) is 2.80. The Morgan fingerprint density at radius 3 is 2.03 bits per heavy atom. The molecule has 0 spiro atoms. The molecule has 39 heavy (non-hydrogen) atoms. The Labute approximate surface area is 227 Å². The van der Waals surface area contributed by atoms with Crippen LogP contribution in [0.1, 0.15) is 6.92 Å². The van der Waals surface area contributed by atoms with Crippen molar-refractivity contribution in [3.8, 4) is 16.8 Å². The summed E-state index contributed by atoms with van der Waals surface area (Å²) >= 11 is 0. The van der Waals surface area contributed by atoms with Gasteiger partial charge in [-0.25, -0.2) is 0 Å². The monoisotopic (exact) mass is 503 g/mol. The summed E-state index contributed by atoms with van der Waals surface area (Å²) in [6.07, 6.45) is 5.91. The van der Waals surface area contributed by atoms with Crippen molar-refractivity contribution >= 4 is 43.6 Å². The summed E-state index contributed by atoms with van der Waals surface area (Å²) in [5.74, 6) is 0. The number of hydrogen-bond acceptors (Lipinski definition) is 1. The molecule has 0 fully saturated rings. The molecular weight excluding hydrogens is 474 g/mol. The molecular formula is C36H29N3. The first-order valence-electron chi connectivity index (χ1n) is 13.4. The largest absolute Gasteiger partial charge is 0.404 e. The number of para-hydroxylation sites is 3. The fraction of sp³-hybridized carbons (Fsp3) is 0.0556. The molecule has 3 heteroatoms. The van der Waals surface area contributed by atoms with Crippen molar-refractivity contribution in [3.05, 3.63) is 139 Å². The van der Waals surface area contributed by atoms with Gasteiger partial charge in [0.1, 0.15) is 0 Å². The number of fused-ring (bicyclic) bond motifs is 6. The lowest BCUT2D eigenvalue weighted by molar-refractivity contribution is 0.898. The lowest BCUT2D eigenvalue weighted by Crippen LogP contribution is -1.95. The van der Waals surface area contributed by atoms with Gasteiger partial charge in [-0.15, -0.1) is 0 Å². The molecule has 3 nitrogen and oxygen atoms in total. The van der Waals surface area contributed by atoms with Crippen LogP contribution >= 0.6 is 0 Å². The molecule has 0 unspecified atom stereocenters. The van der Waals surface area contributed by atoms with Gasteiger partial charge in [-0.3, -0.25) is 0 Å². The van der Waals surface area contributed by atoms with Crippen LogP contribution in [0.2, 0.25) is 0 Å². The van der Waals surface area contributed by atoms with Crippen molar-refractivity contribution < 1.29 is 0 Å². The zero-order valence-corrected chi connectivity index (χ0v) is 21.9. The van der Waals surface area contributed by atoms with E-state index in [4.69, 9.17) is 5.73 Å². The van der Waals surface area contributed by atoms with Crippen LogP contribution in [-0.2, 0) is 6.54 Å². The molecule has 0 aliphatic rings. The Hall–Kier alpha value is -5.02. The Morgan fingerprint density at radius 1 is 0.615 bits per heavy atom. The van der Waals surface area contributed by atoms with Gasteiger partial charge in [-0.2, -0.15) is 0 Å². The smallest absolute Gasteiger partial charge is 0.0541 e. The molecule has 0 atom stereocenters. The Morgan fingerprint density at radius 2 is 1.23 bits per heavy atom. The summed E-state index contributed by atoms with van der Waals surface area (Å²) in [5, 5.41) is 5.08. The molecule has 0 aliphatic carbocycles. The number of rotatable bonds is 5. The van der Waals surface area contributed by atoms with Crippen LogP contribution < -0.4 is 5.73 Å². The third-order valence-electron chi connectivity index (χ3n) is 7.73. The Balaban J connectivity index is 1.41. The second kappa shape index (κ2) is 9.38. The first-order valence-corrected chi connectivity index (χ1v) is 13.4. The minimum atomic E-state index is 0.780. The fourth-order valence-corrected chi connectivity index (χ4v) is 5.83. The predicted molar refractivity (Wildman–Crippen MR) is 166 cm³/mol. The van der Waals surface area contributed by atoms with Gasteiger partial charge in [0.2, 0.25) is 0 Å². The van der Waals surface area contributed by atoms with Crippen LogP contribution in [0.5, 0.6) is 0 Å². The highest BCUT2D eigenvalue weighted by Crippen LogP contribution is 2.37. The van der Waals surface area contributed by atoms with Gasteiger partial charge in [-0.1, -0.05) is 84.9 Å². The second-order valence-corrected chi connectivity index (χ2v) is 10.1. The van der Waals surface area contributed by atoms with E-state index < -0.39 is 0 Å². The quantitative estimate of drug-likeness (QED) is 0.234. The SMILES string of the molecule is CC(/C=C\Cn1c2ccccc2c2ccc(-c3ccc4c(c3)c3ccccc3n4-c3ccccc3)cc21)=C/N. The van der Waals surface area contributed by atoms with Gasteiger partial charge in [-0.05, 0) is 72.3 Å². The van der Waals surface area contributed by atoms with Gasteiger partial charge in [0.05, 0.1) is 16.6 Å². The van der Waals surface area contributed by atoms with E-state index >= 15 is 0 Å². The van der Waals surface area contributed by atoms with E-state index in [0.29, 0.717) is 0 Å². The van der Waals surface area contributed by atoms with E-state index in [1.54, 1.807) is 6.20 Å². The van der Waals surface area contributed by atoms with E-state index in [0.717, 1.165) is 12.1 Å². The lowest BCUT2D eigenvalue weighted by atomic mass is 10.0. The van der Waals surface area contributed by atoms with Gasteiger partial charge in [0.25, 0.3) is 0 Å². The minimum Gasteiger partial charge on any atom is -0.404 e. The Kier molecular flexibility index (Phi) is 5.56. The average Bonchev–Trinajstić information content (AvgIpc) is 3.49. The number of aromatic nitrogens is 2. The molecule has 5 aromatic carbocycles. The molecule has 0 bridgehead atoms. The van der Waals surface area contributed by atoms with Gasteiger partial charge < -0.3 is 14.9 Å². The maximum Gasteiger partial charge on any atom is 0.0541 e. The summed E-state index contributed by atoms with van der Waals surface area (Å²) in [7, 11) is 0. The van der Waals surface area contributed by atoms with Crippen molar-refractivity contribution in [3.63, 3.8) is 0 Å². The van der Waals surface area contributed by atoms with Crippen molar-refractivity contribution in [2.24, 2.45) is 5.73 Å². The molecule has 188 valence electrons. The lowest BCUT2D eigenvalue weighted by Gasteiger charge is -2.09. The number of nitrogens with zero attached hydrogens (tertiary/aromatic N) is 2. The van der Waals surface area contributed by atoms with Crippen LogP contribution in [0.3, 0.4) is 0 Å². The third kappa shape index (κ3) is 3.82. The van der Waals surface area contributed by atoms with Crippen LogP contribution in [0.4, 0.5) is 0 Å². The molecule has 0 saturated carbocycles. The number of allylic oxidation sites excluding steroid dienone is 3. The summed E-state index contributed by atoms with van der Waals surface area (Å²) < 4.78 is 4.76. The first kappa shape index (κ1) is 23.1. The van der Waals surface area contributed by atoms with E-state index in [2.05, 4.69) is 137 Å². The first-order chi connectivity index (χ1) is 19.2. The van der Waals surface area contributed by atoms with Gasteiger partial charge in [0.15, 0.2) is 0 Å². The maximum absolute atomic E-state index is 5.68. The van der Waals surface area contributed by atoms with Crippen LogP contribution in [0.15, 0.2) is 139 Å². The van der Waals surface area contributed by atoms with Gasteiger partial charge in [0, 0.05) is 39.3 Å². The predicted octanol–water partition coefficient (Wildman–Crippen LogP) is 8.98. The standard InChI is InChI=1S/C36H29N3/c1-25(24-37)10-9-21-38-33-15-7-5-13-29(33)31-19-17-27(23-36(31)38)26-18-20-35-32(22-26)30-14-6-8-16-34(30)39(35)28-11-3-2-4-12-28/h2-20,22-24H,21,37H2,1H3/b10-9-,25-24-. The van der Waals surface area contributed by atoms with Crippen LogP contribution in [0.25, 0.3) is 60.4 Å². The molecule has 7 rings (SSSR count). The van der Waals surface area contributed by atoms with E-state index in [1.165, 1.54) is 60.4 Å². The summed E-state index contributed by atoms with van der Waals surface area (Å²) in [4.78, 5) is 0. The second-order valence-electron chi connectivity index (χ2n) is 10.1. The highest BCUT2D eigenvalue weighted by Gasteiger charge is 2.14. The van der Waals surface area contributed by atoms with Crippen molar-refractivity contribution in [2.75, 3.05) is 0 Å². The van der Waals surface area contributed by atoms with Crippen LogP contribution in [-0.4, -0.2) is 9.13 Å². The number of hydrogen-bond donors (Lipinski definition) is 1. The van der Waals surface area contributed by atoms with E-state index in [1.807, 2.05) is 6.92 Å². The molecule has 2 aromatic heterocycles. The topological polar surface area (TPSA) is 35.9 Å². The molecule has 7 aromatic rings. The summed E-state index contributed by atoms with van der Waals surface area (Å²) in [5.41, 5.74) is 15.3. The van der Waals surface area contributed by atoms with Crippen molar-refractivity contribution in [2.45, 2.75) is 13.5 Å². The van der Waals surface area contributed by atoms with E-state index in [-0.39, 0.29) is 0 Å². The molecule has 2 heterocycles. The fourth-order valence-electron chi connectivity index (χ4n) is 5.83. The molecule has 2 N–H and O–H groups in total. The normalized spacial score (nSPS) is 12.5. The Bertz CT molecular complexity index is 2050. The molecule has 0 saturated heterocycles. The molecule has 0 aliphatic heterocycles. The van der Waals surface area contributed by atoms with Crippen molar-refractivity contribution in [1.82, 2.24) is 9.13 Å². The van der Waals surface area contributed by atoms with Crippen LogP contribution in [0, 0.1) is 0 Å². The average molecular weight is 504 g/mol. The van der Waals surface area contributed by atoms with Gasteiger partial charge >= 0.3 is 0 Å². The zero-order valence-electron chi connectivity index (χ0n) is 21.9. The highest BCUT2D eigenvalue weighted by atomic mass is 15.0. The number of benzene rings is 5. The highest BCUT2D eigenvalue weighted by molar-refractivity contribution is 6.12. The van der Waals surface area contributed by atoms with Crippen molar-refractivity contribution in [1.29, 1.82) is 0 Å². The third-order valence-corrected chi connectivity index (χ3v) is 7.73. The number of nitrogens with two attached hydrogens (primary N) is 1.